The average molecular weight is 262 g/mol. The molecule has 0 saturated heterocycles. The highest BCUT2D eigenvalue weighted by Crippen LogP contribution is 2.14. The summed E-state index contributed by atoms with van der Waals surface area (Å²) in [5, 5.41) is 0. The molecule has 1 rings (SSSR count). The Labute approximate surface area is 113 Å². The smallest absolute Gasteiger partial charge is 0.379 e. The van der Waals surface area contributed by atoms with Crippen molar-refractivity contribution in [2.75, 3.05) is 6.61 Å². The Morgan fingerprint density at radius 3 is 2.37 bits per heavy atom. The SMILES string of the molecule is CCOC(=O)C(=O)/C=C/c1ccc(OC(C)C)cc1. The van der Waals surface area contributed by atoms with E-state index in [1.807, 2.05) is 38.1 Å². The van der Waals surface area contributed by atoms with E-state index in [1.54, 1.807) is 13.0 Å². The van der Waals surface area contributed by atoms with E-state index in [0.717, 1.165) is 11.3 Å². The van der Waals surface area contributed by atoms with Crippen LogP contribution in [-0.2, 0) is 14.3 Å². The van der Waals surface area contributed by atoms with Crippen molar-refractivity contribution in [2.24, 2.45) is 0 Å². The van der Waals surface area contributed by atoms with Crippen LogP contribution in [0.4, 0.5) is 0 Å². The van der Waals surface area contributed by atoms with Gasteiger partial charge in [0.25, 0.3) is 5.78 Å². The second-order valence-corrected chi connectivity index (χ2v) is 4.15. The fraction of sp³-hybridized carbons (Fsp3) is 0.333. The maximum atomic E-state index is 11.3. The van der Waals surface area contributed by atoms with Crippen LogP contribution in [0.15, 0.2) is 30.3 Å². The number of carbonyl (C=O) groups excluding carboxylic acids is 2. The molecule has 0 aliphatic carbocycles. The fourth-order valence-electron chi connectivity index (χ4n) is 1.37. The Hall–Kier alpha value is -2.10. The standard InChI is InChI=1S/C15H18O4/c1-4-18-15(17)14(16)10-7-12-5-8-13(9-6-12)19-11(2)3/h5-11H,4H2,1-3H3/b10-7+. The van der Waals surface area contributed by atoms with E-state index in [-0.39, 0.29) is 12.7 Å². The van der Waals surface area contributed by atoms with Crippen molar-refractivity contribution in [3.8, 4) is 5.75 Å². The number of rotatable bonds is 6. The molecule has 19 heavy (non-hydrogen) atoms. The number of carbonyl (C=O) groups is 2. The molecule has 0 aliphatic rings. The van der Waals surface area contributed by atoms with E-state index in [4.69, 9.17) is 4.74 Å². The summed E-state index contributed by atoms with van der Waals surface area (Å²) >= 11 is 0. The van der Waals surface area contributed by atoms with E-state index in [0.29, 0.717) is 0 Å². The molecule has 0 fully saturated rings. The molecule has 4 nitrogen and oxygen atoms in total. The third-order valence-corrected chi connectivity index (χ3v) is 2.16. The van der Waals surface area contributed by atoms with E-state index in [2.05, 4.69) is 4.74 Å². The highest BCUT2D eigenvalue weighted by Gasteiger charge is 2.10. The minimum absolute atomic E-state index is 0.117. The Morgan fingerprint density at radius 2 is 1.84 bits per heavy atom. The first-order chi connectivity index (χ1) is 9.02. The first-order valence-corrected chi connectivity index (χ1v) is 6.18. The van der Waals surface area contributed by atoms with Crippen LogP contribution < -0.4 is 4.74 Å². The van der Waals surface area contributed by atoms with Crippen molar-refractivity contribution in [2.45, 2.75) is 26.9 Å². The molecule has 4 heteroatoms. The van der Waals surface area contributed by atoms with Gasteiger partial charge in [-0.2, -0.15) is 0 Å². The van der Waals surface area contributed by atoms with Crippen LogP contribution in [0.1, 0.15) is 26.3 Å². The van der Waals surface area contributed by atoms with E-state index in [1.165, 1.54) is 6.08 Å². The van der Waals surface area contributed by atoms with Gasteiger partial charge in [-0.15, -0.1) is 0 Å². The van der Waals surface area contributed by atoms with Gasteiger partial charge in [0, 0.05) is 0 Å². The summed E-state index contributed by atoms with van der Waals surface area (Å²) in [5.74, 6) is -0.730. The zero-order valence-corrected chi connectivity index (χ0v) is 11.4. The fourth-order valence-corrected chi connectivity index (χ4v) is 1.37. The van der Waals surface area contributed by atoms with Crippen LogP contribution in [0, 0.1) is 0 Å². The van der Waals surface area contributed by atoms with Crippen LogP contribution >= 0.6 is 0 Å². The molecule has 102 valence electrons. The van der Waals surface area contributed by atoms with Gasteiger partial charge in [-0.1, -0.05) is 18.2 Å². The summed E-state index contributed by atoms with van der Waals surface area (Å²) in [6, 6.07) is 7.25. The normalized spacial score (nSPS) is 10.7. The van der Waals surface area contributed by atoms with Crippen LogP contribution in [0.3, 0.4) is 0 Å². The number of hydrogen-bond acceptors (Lipinski definition) is 4. The largest absolute Gasteiger partial charge is 0.491 e. The topological polar surface area (TPSA) is 52.6 Å². The summed E-state index contributed by atoms with van der Waals surface area (Å²) in [4.78, 5) is 22.4. The molecule has 0 bridgehead atoms. The van der Waals surface area contributed by atoms with Crippen molar-refractivity contribution < 1.29 is 19.1 Å². The lowest BCUT2D eigenvalue weighted by molar-refractivity contribution is -0.151. The molecular weight excluding hydrogens is 244 g/mol. The van der Waals surface area contributed by atoms with Crippen LogP contribution in [0.2, 0.25) is 0 Å². The Bertz CT molecular complexity index is 458. The zero-order chi connectivity index (χ0) is 14.3. The first kappa shape index (κ1) is 15.0. The third-order valence-electron chi connectivity index (χ3n) is 2.16. The number of hydrogen-bond donors (Lipinski definition) is 0. The molecule has 0 aromatic heterocycles. The lowest BCUT2D eigenvalue weighted by Gasteiger charge is -2.09. The van der Waals surface area contributed by atoms with E-state index in [9.17, 15) is 9.59 Å². The van der Waals surface area contributed by atoms with Crippen molar-refractivity contribution in [3.05, 3.63) is 35.9 Å². The molecule has 0 heterocycles. The van der Waals surface area contributed by atoms with Crippen LogP contribution in [-0.4, -0.2) is 24.5 Å². The molecule has 0 aliphatic heterocycles. The van der Waals surface area contributed by atoms with Gasteiger partial charge in [-0.05, 0) is 44.5 Å². The highest BCUT2D eigenvalue weighted by molar-refractivity contribution is 6.39. The second kappa shape index (κ2) is 7.36. The highest BCUT2D eigenvalue weighted by atomic mass is 16.5. The second-order valence-electron chi connectivity index (χ2n) is 4.15. The Kier molecular flexibility index (Phi) is 5.79. The van der Waals surface area contributed by atoms with Crippen LogP contribution in [0.5, 0.6) is 5.75 Å². The third kappa shape index (κ3) is 5.38. The van der Waals surface area contributed by atoms with Gasteiger partial charge in [0.2, 0.25) is 0 Å². The predicted octanol–water partition coefficient (Wildman–Crippen LogP) is 2.62. The molecule has 0 radical (unpaired) electrons. The predicted molar refractivity (Wildman–Crippen MR) is 72.9 cm³/mol. The minimum atomic E-state index is -0.835. The van der Waals surface area contributed by atoms with Gasteiger partial charge in [-0.3, -0.25) is 4.79 Å². The average Bonchev–Trinajstić information content (AvgIpc) is 2.37. The van der Waals surface area contributed by atoms with Gasteiger partial charge in [0.05, 0.1) is 12.7 Å². The molecule has 0 saturated carbocycles. The van der Waals surface area contributed by atoms with Gasteiger partial charge < -0.3 is 9.47 Å². The molecule has 0 unspecified atom stereocenters. The summed E-state index contributed by atoms with van der Waals surface area (Å²) in [5.41, 5.74) is 0.814. The van der Waals surface area contributed by atoms with Gasteiger partial charge in [0.1, 0.15) is 5.75 Å². The van der Waals surface area contributed by atoms with Crippen molar-refractivity contribution in [3.63, 3.8) is 0 Å². The van der Waals surface area contributed by atoms with E-state index < -0.39 is 11.8 Å². The van der Waals surface area contributed by atoms with Gasteiger partial charge in [0.15, 0.2) is 0 Å². The van der Waals surface area contributed by atoms with Crippen molar-refractivity contribution in [1.82, 2.24) is 0 Å². The number of esters is 1. The lowest BCUT2D eigenvalue weighted by atomic mass is 10.2. The van der Waals surface area contributed by atoms with Gasteiger partial charge >= 0.3 is 5.97 Å². The first-order valence-electron chi connectivity index (χ1n) is 6.18. The molecule has 0 amide bonds. The number of ketones is 1. The monoisotopic (exact) mass is 262 g/mol. The number of benzene rings is 1. The number of ether oxygens (including phenoxy) is 2. The molecule has 0 spiro atoms. The zero-order valence-electron chi connectivity index (χ0n) is 11.4. The molecule has 1 aromatic rings. The summed E-state index contributed by atoms with van der Waals surface area (Å²) in [6.45, 7) is 5.75. The molecule has 0 N–H and O–H groups in total. The quantitative estimate of drug-likeness (QED) is 0.449. The van der Waals surface area contributed by atoms with Gasteiger partial charge in [-0.25, -0.2) is 4.79 Å². The lowest BCUT2D eigenvalue weighted by Crippen LogP contribution is -2.14. The molecular formula is C15H18O4. The molecule has 1 aromatic carbocycles. The summed E-state index contributed by atoms with van der Waals surface area (Å²) in [7, 11) is 0. The maximum Gasteiger partial charge on any atom is 0.379 e. The Morgan fingerprint density at radius 1 is 1.21 bits per heavy atom. The maximum absolute atomic E-state index is 11.3. The van der Waals surface area contributed by atoms with E-state index >= 15 is 0 Å². The summed E-state index contributed by atoms with van der Waals surface area (Å²) < 4.78 is 10.1. The summed E-state index contributed by atoms with van der Waals surface area (Å²) in [6.07, 6.45) is 2.89. The van der Waals surface area contributed by atoms with Crippen molar-refractivity contribution in [1.29, 1.82) is 0 Å². The van der Waals surface area contributed by atoms with Crippen molar-refractivity contribution >= 4 is 17.8 Å². The Balaban J connectivity index is 2.62. The van der Waals surface area contributed by atoms with Crippen LogP contribution in [0.25, 0.3) is 6.08 Å². The molecule has 0 atom stereocenters. The minimum Gasteiger partial charge on any atom is -0.491 e.